The van der Waals surface area contributed by atoms with E-state index in [1.165, 1.54) is 0 Å². The fourth-order valence-corrected chi connectivity index (χ4v) is 2.99. The van der Waals surface area contributed by atoms with Crippen molar-refractivity contribution < 1.29 is 44.3 Å². The van der Waals surface area contributed by atoms with E-state index in [-0.39, 0.29) is 41.9 Å². The Balaban J connectivity index is 0.00000208. The summed E-state index contributed by atoms with van der Waals surface area (Å²) in [5.74, 6) is -1.19. The van der Waals surface area contributed by atoms with Crippen molar-refractivity contribution in [1.29, 1.82) is 0 Å². The molecule has 0 bridgehead atoms. The van der Waals surface area contributed by atoms with Crippen molar-refractivity contribution in [3.63, 3.8) is 0 Å². The smallest absolute Gasteiger partial charge is 0.550 e. The maximum atomic E-state index is 12.2. The van der Waals surface area contributed by atoms with Crippen LogP contribution in [0.2, 0.25) is 0 Å². The molecular weight excluding hydrogens is 315 g/mol. The summed E-state index contributed by atoms with van der Waals surface area (Å²) in [5.41, 5.74) is 5.97. The van der Waals surface area contributed by atoms with E-state index >= 15 is 0 Å². The molecule has 1 amide bonds. The second-order valence-corrected chi connectivity index (χ2v) is 5.70. The number of carbonyl (C=O) groups is 2. The van der Waals surface area contributed by atoms with Crippen LogP contribution < -0.4 is 40.0 Å². The minimum Gasteiger partial charge on any atom is -0.550 e. The van der Waals surface area contributed by atoms with Gasteiger partial charge in [-0.05, 0) is 50.0 Å². The molecule has 2 N–H and O–H groups in total. The van der Waals surface area contributed by atoms with Crippen molar-refractivity contribution >= 4 is 29.2 Å². The third kappa shape index (κ3) is 3.48. The summed E-state index contributed by atoms with van der Waals surface area (Å²) < 4.78 is 0. The van der Waals surface area contributed by atoms with Gasteiger partial charge in [-0.15, -0.1) is 0 Å². The molecule has 0 fully saturated rings. The number of rotatable bonds is 4. The monoisotopic (exact) mass is 332 g/mol. The summed E-state index contributed by atoms with van der Waals surface area (Å²) in [7, 11) is 0. The van der Waals surface area contributed by atoms with Crippen molar-refractivity contribution in [1.82, 2.24) is 4.98 Å². The van der Waals surface area contributed by atoms with Crippen molar-refractivity contribution in [3.05, 3.63) is 52.3 Å². The van der Waals surface area contributed by atoms with E-state index in [0.29, 0.717) is 12.0 Å². The van der Waals surface area contributed by atoms with Crippen LogP contribution >= 0.6 is 0 Å². The van der Waals surface area contributed by atoms with E-state index in [4.69, 9.17) is 0 Å². The summed E-state index contributed by atoms with van der Waals surface area (Å²) in [4.78, 5) is 26.1. The largest absolute Gasteiger partial charge is 1.00 e. The fourth-order valence-electron chi connectivity index (χ4n) is 2.99. The van der Waals surface area contributed by atoms with Crippen LogP contribution in [0.15, 0.2) is 24.3 Å². The summed E-state index contributed by atoms with van der Waals surface area (Å²) in [5, 5.41) is 13.5. The van der Waals surface area contributed by atoms with Gasteiger partial charge in [-0.1, -0.05) is 18.2 Å². The number of hydrogen-bond donors (Lipinski definition) is 2. The molecule has 0 atom stereocenters. The summed E-state index contributed by atoms with van der Waals surface area (Å²) >= 11 is 0. The predicted octanol–water partition coefficient (Wildman–Crippen LogP) is -1.19. The zero-order valence-corrected chi connectivity index (χ0v) is 16.0. The Morgan fingerprint density at radius 2 is 1.96 bits per heavy atom. The molecule has 3 rings (SSSR count). The van der Waals surface area contributed by atoms with Crippen LogP contribution in [0.4, 0.5) is 5.69 Å². The minimum atomic E-state index is -1.06. The number of amides is 1. The average molecular weight is 332 g/mol. The van der Waals surface area contributed by atoms with Gasteiger partial charge in [0.25, 0.3) is 5.91 Å². The van der Waals surface area contributed by atoms with Crippen molar-refractivity contribution in [2.75, 3.05) is 5.32 Å². The number of para-hydroxylation sites is 1. The Morgan fingerprint density at radius 1 is 1.25 bits per heavy atom. The van der Waals surface area contributed by atoms with E-state index in [1.54, 1.807) is 0 Å². The molecule has 0 aliphatic carbocycles. The first-order chi connectivity index (χ1) is 11.0. The molecule has 1 aliphatic rings. The Bertz CT molecular complexity index is 837. The molecular formula is C18H17N2NaO3. The van der Waals surface area contributed by atoms with Gasteiger partial charge < -0.3 is 20.2 Å². The fraction of sp³-hybridized carbons (Fsp3) is 0.222. The number of hydrogen-bond acceptors (Lipinski definition) is 3. The Kier molecular flexibility index (Phi) is 5.70. The second kappa shape index (κ2) is 7.38. The number of H-pyrrole nitrogens is 1. The van der Waals surface area contributed by atoms with Crippen molar-refractivity contribution in [2.45, 2.75) is 26.7 Å². The first-order valence-electron chi connectivity index (χ1n) is 7.47. The number of carboxylic acids is 1. The number of carboxylic acid groups (broad SMARTS) is 1. The molecule has 2 aromatic rings. The van der Waals surface area contributed by atoms with Crippen LogP contribution in [0.1, 0.15) is 34.5 Å². The number of fused-ring (bicyclic) bond motifs is 1. The summed E-state index contributed by atoms with van der Waals surface area (Å²) in [6, 6.07) is 7.54. The molecule has 5 nitrogen and oxygen atoms in total. The van der Waals surface area contributed by atoms with Gasteiger partial charge in [0.15, 0.2) is 0 Å². The van der Waals surface area contributed by atoms with E-state index in [9.17, 15) is 14.7 Å². The topological polar surface area (TPSA) is 85.0 Å². The SMILES string of the molecule is Cc1[nH]c(/C=C2\C(=O)Nc3ccccc32)c(C)c1CCC(=O)[O-].[Na+]. The number of aliphatic carboxylic acids is 1. The zero-order valence-electron chi connectivity index (χ0n) is 14.0. The molecule has 2 heterocycles. The molecule has 118 valence electrons. The van der Waals surface area contributed by atoms with Gasteiger partial charge in [-0.2, -0.15) is 0 Å². The number of benzene rings is 1. The molecule has 0 spiro atoms. The molecule has 1 aromatic heterocycles. The standard InChI is InChI=1S/C18H18N2O3.Na/c1-10-12(7-8-17(21)22)11(2)19-16(10)9-14-13-5-3-4-6-15(13)20-18(14)23;/h3-6,9,19H,7-8H2,1-2H3,(H,20,23)(H,21,22);/q;+1/p-1/b14-9-;. The van der Waals surface area contributed by atoms with Crippen LogP contribution in [0, 0.1) is 13.8 Å². The number of aromatic nitrogens is 1. The number of aromatic amines is 1. The molecule has 1 aliphatic heterocycles. The molecule has 6 heteroatoms. The average Bonchev–Trinajstić information content (AvgIpc) is 2.95. The third-order valence-electron chi connectivity index (χ3n) is 4.21. The van der Waals surface area contributed by atoms with Gasteiger partial charge in [0.2, 0.25) is 0 Å². The Hall–Kier alpha value is -1.82. The molecule has 1 aromatic carbocycles. The third-order valence-corrected chi connectivity index (χ3v) is 4.21. The van der Waals surface area contributed by atoms with Gasteiger partial charge in [0.1, 0.15) is 0 Å². The molecule has 0 saturated heterocycles. The number of nitrogens with one attached hydrogen (secondary N) is 2. The van der Waals surface area contributed by atoms with Crippen molar-refractivity contribution in [3.8, 4) is 0 Å². The van der Waals surface area contributed by atoms with Gasteiger partial charge >= 0.3 is 29.6 Å². The molecule has 0 radical (unpaired) electrons. The summed E-state index contributed by atoms with van der Waals surface area (Å²) in [6.45, 7) is 3.83. The zero-order chi connectivity index (χ0) is 16.6. The molecule has 24 heavy (non-hydrogen) atoms. The van der Waals surface area contributed by atoms with Gasteiger partial charge in [0.05, 0.1) is 5.57 Å². The maximum absolute atomic E-state index is 12.2. The normalized spacial score (nSPS) is 14.2. The van der Waals surface area contributed by atoms with Crippen LogP contribution in [0.3, 0.4) is 0 Å². The predicted molar refractivity (Wildman–Crippen MR) is 86.5 cm³/mol. The quantitative estimate of drug-likeness (QED) is 0.545. The van der Waals surface area contributed by atoms with Gasteiger partial charge in [-0.25, -0.2) is 0 Å². The van der Waals surface area contributed by atoms with Crippen LogP contribution in [0.25, 0.3) is 11.6 Å². The summed E-state index contributed by atoms with van der Waals surface area (Å²) in [6.07, 6.45) is 2.23. The molecule has 0 unspecified atom stereocenters. The number of aryl methyl sites for hydroxylation is 1. The first-order valence-corrected chi connectivity index (χ1v) is 7.47. The van der Waals surface area contributed by atoms with Gasteiger partial charge in [-0.3, -0.25) is 4.79 Å². The number of carbonyl (C=O) groups excluding carboxylic acids is 2. The van der Waals surface area contributed by atoms with E-state index < -0.39 is 5.97 Å². The van der Waals surface area contributed by atoms with E-state index in [1.807, 2.05) is 44.2 Å². The maximum Gasteiger partial charge on any atom is 1.00 e. The van der Waals surface area contributed by atoms with Crippen LogP contribution in [-0.4, -0.2) is 16.9 Å². The molecule has 0 saturated carbocycles. The first kappa shape index (κ1) is 18.5. The second-order valence-electron chi connectivity index (χ2n) is 5.70. The Labute approximate surface area is 162 Å². The Morgan fingerprint density at radius 3 is 2.67 bits per heavy atom. The van der Waals surface area contributed by atoms with Crippen LogP contribution in [0.5, 0.6) is 0 Å². The van der Waals surface area contributed by atoms with E-state index in [0.717, 1.165) is 33.8 Å². The minimum absolute atomic E-state index is 0. The van der Waals surface area contributed by atoms with E-state index in [2.05, 4.69) is 10.3 Å². The van der Waals surface area contributed by atoms with Crippen molar-refractivity contribution in [2.24, 2.45) is 0 Å². The van der Waals surface area contributed by atoms with Gasteiger partial charge in [0, 0.05) is 28.6 Å². The van der Waals surface area contributed by atoms with Crippen LogP contribution in [-0.2, 0) is 16.0 Å². The number of anilines is 1.